The van der Waals surface area contributed by atoms with Gasteiger partial charge in [0.1, 0.15) is 0 Å². The first-order valence-corrected chi connectivity index (χ1v) is 9.61. The second-order valence-corrected chi connectivity index (χ2v) is 7.39. The molecule has 7 heteroatoms. The van der Waals surface area contributed by atoms with Crippen LogP contribution in [0.4, 0.5) is 0 Å². The highest BCUT2D eigenvalue weighted by molar-refractivity contribution is 9.10. The second kappa shape index (κ2) is 8.67. The number of guanidine groups is 1. The largest absolute Gasteiger partial charge is 0.373 e. The summed E-state index contributed by atoms with van der Waals surface area (Å²) in [6.07, 6.45) is 4.97. The number of fused-ring (bicyclic) bond motifs is 2. The monoisotopic (exact) mass is 408 g/mol. The molecule has 2 bridgehead atoms. The number of ether oxygens (including phenoxy) is 1. The molecule has 2 aliphatic rings. The van der Waals surface area contributed by atoms with Crippen molar-refractivity contribution in [3.8, 4) is 0 Å². The number of halogens is 1. The van der Waals surface area contributed by atoms with E-state index in [1.807, 2.05) is 12.1 Å². The Kier molecular flexibility index (Phi) is 6.31. The molecule has 0 aliphatic carbocycles. The summed E-state index contributed by atoms with van der Waals surface area (Å²) in [6.45, 7) is 1.37. The molecular weight excluding hydrogens is 384 g/mol. The fourth-order valence-electron chi connectivity index (χ4n) is 3.36. The van der Waals surface area contributed by atoms with Gasteiger partial charge in [-0.25, -0.2) is 0 Å². The SMILES string of the molecule is CN=C(NCCCNC(=O)c1ccc(Br)cc1)NC1CC2CCC1O2. The molecule has 25 heavy (non-hydrogen) atoms. The van der Waals surface area contributed by atoms with Crippen molar-refractivity contribution in [2.24, 2.45) is 4.99 Å². The van der Waals surface area contributed by atoms with E-state index in [1.165, 1.54) is 6.42 Å². The van der Waals surface area contributed by atoms with Gasteiger partial charge in [-0.1, -0.05) is 15.9 Å². The van der Waals surface area contributed by atoms with Gasteiger partial charge in [-0.15, -0.1) is 0 Å². The molecule has 2 heterocycles. The van der Waals surface area contributed by atoms with E-state index in [1.54, 1.807) is 19.2 Å². The number of nitrogens with one attached hydrogen (secondary N) is 3. The first-order valence-electron chi connectivity index (χ1n) is 8.82. The Hall–Kier alpha value is -1.60. The summed E-state index contributed by atoms with van der Waals surface area (Å²) in [5, 5.41) is 9.68. The molecule has 3 rings (SSSR count). The van der Waals surface area contributed by atoms with E-state index in [0.29, 0.717) is 30.4 Å². The normalized spacial score (nSPS) is 25.0. The summed E-state index contributed by atoms with van der Waals surface area (Å²) in [7, 11) is 1.78. The zero-order valence-electron chi connectivity index (χ0n) is 14.4. The van der Waals surface area contributed by atoms with Gasteiger partial charge in [0, 0.05) is 30.2 Å². The van der Waals surface area contributed by atoms with E-state index in [2.05, 4.69) is 36.9 Å². The molecule has 1 aromatic rings. The van der Waals surface area contributed by atoms with Crippen LogP contribution >= 0.6 is 15.9 Å². The molecule has 3 N–H and O–H groups in total. The van der Waals surface area contributed by atoms with Crippen LogP contribution in [0.3, 0.4) is 0 Å². The number of carbonyl (C=O) groups excluding carboxylic acids is 1. The maximum Gasteiger partial charge on any atom is 0.251 e. The smallest absolute Gasteiger partial charge is 0.251 e. The molecule has 0 saturated carbocycles. The third kappa shape index (κ3) is 4.95. The fourth-order valence-corrected chi connectivity index (χ4v) is 3.62. The number of rotatable bonds is 6. The quantitative estimate of drug-likeness (QED) is 0.382. The van der Waals surface area contributed by atoms with Crippen LogP contribution < -0.4 is 16.0 Å². The number of hydrogen-bond donors (Lipinski definition) is 3. The summed E-state index contributed by atoms with van der Waals surface area (Å²) in [4.78, 5) is 16.3. The maximum atomic E-state index is 12.0. The third-order valence-electron chi connectivity index (χ3n) is 4.69. The summed E-state index contributed by atoms with van der Waals surface area (Å²) in [5.74, 6) is 0.759. The Bertz CT molecular complexity index is 620. The van der Waals surface area contributed by atoms with Crippen molar-refractivity contribution in [2.75, 3.05) is 20.1 Å². The minimum Gasteiger partial charge on any atom is -0.373 e. The van der Waals surface area contributed by atoms with Crippen LogP contribution in [0.25, 0.3) is 0 Å². The molecule has 136 valence electrons. The predicted octanol–water partition coefficient (Wildman–Crippen LogP) is 2.05. The van der Waals surface area contributed by atoms with Crippen molar-refractivity contribution >= 4 is 27.8 Å². The fraction of sp³-hybridized carbons (Fsp3) is 0.556. The summed E-state index contributed by atoms with van der Waals surface area (Å²) in [6, 6.07) is 7.71. The van der Waals surface area contributed by atoms with Gasteiger partial charge in [0.2, 0.25) is 0 Å². The van der Waals surface area contributed by atoms with Gasteiger partial charge in [0.05, 0.1) is 18.2 Å². The van der Waals surface area contributed by atoms with Crippen molar-refractivity contribution in [1.82, 2.24) is 16.0 Å². The standard InChI is InChI=1S/C18H25BrN4O2/c1-20-18(23-15-11-14-7-8-16(15)25-14)22-10-2-9-21-17(24)12-3-5-13(19)6-4-12/h3-6,14-16H,2,7-11H2,1H3,(H,21,24)(H2,20,22,23). The van der Waals surface area contributed by atoms with Gasteiger partial charge in [0.15, 0.2) is 5.96 Å². The Labute approximate surface area is 156 Å². The molecule has 0 aromatic heterocycles. The zero-order valence-corrected chi connectivity index (χ0v) is 16.0. The first kappa shape index (κ1) is 18.2. The summed E-state index contributed by atoms with van der Waals surface area (Å²) in [5.41, 5.74) is 0.671. The number of aliphatic imine (C=N–C) groups is 1. The highest BCUT2D eigenvalue weighted by atomic mass is 79.9. The number of nitrogens with zero attached hydrogens (tertiary/aromatic N) is 1. The van der Waals surface area contributed by atoms with Crippen molar-refractivity contribution in [3.63, 3.8) is 0 Å². The van der Waals surface area contributed by atoms with Crippen LogP contribution in [0.5, 0.6) is 0 Å². The van der Waals surface area contributed by atoms with Crippen molar-refractivity contribution in [2.45, 2.75) is 43.9 Å². The molecular formula is C18H25BrN4O2. The molecule has 1 aromatic carbocycles. The average Bonchev–Trinajstić information content (AvgIpc) is 3.23. The molecule has 3 unspecified atom stereocenters. The average molecular weight is 409 g/mol. The van der Waals surface area contributed by atoms with Gasteiger partial charge in [-0.2, -0.15) is 0 Å². The lowest BCUT2D eigenvalue weighted by molar-refractivity contribution is 0.0953. The zero-order chi connectivity index (χ0) is 17.6. The van der Waals surface area contributed by atoms with Crippen molar-refractivity contribution < 1.29 is 9.53 Å². The predicted molar refractivity (Wildman–Crippen MR) is 102 cm³/mol. The van der Waals surface area contributed by atoms with Crippen molar-refractivity contribution in [1.29, 1.82) is 0 Å². The lowest BCUT2D eigenvalue weighted by atomic mass is 9.96. The van der Waals surface area contributed by atoms with Crippen molar-refractivity contribution in [3.05, 3.63) is 34.3 Å². The van der Waals surface area contributed by atoms with Gasteiger partial charge in [-0.3, -0.25) is 9.79 Å². The van der Waals surface area contributed by atoms with Gasteiger partial charge in [0.25, 0.3) is 5.91 Å². The van der Waals surface area contributed by atoms with Crippen LogP contribution in [-0.2, 0) is 4.74 Å². The summed E-state index contributed by atoms with van der Waals surface area (Å²) < 4.78 is 6.82. The molecule has 2 fully saturated rings. The number of amides is 1. The molecule has 1 amide bonds. The van der Waals surface area contributed by atoms with E-state index < -0.39 is 0 Å². The Balaban J connectivity index is 1.32. The number of benzene rings is 1. The van der Waals surface area contributed by atoms with Gasteiger partial charge in [-0.05, 0) is 49.9 Å². The first-order chi connectivity index (χ1) is 12.2. The minimum atomic E-state index is -0.0471. The lowest BCUT2D eigenvalue weighted by Gasteiger charge is -2.22. The van der Waals surface area contributed by atoms with E-state index in [9.17, 15) is 4.79 Å². The van der Waals surface area contributed by atoms with E-state index in [0.717, 1.165) is 36.2 Å². The van der Waals surface area contributed by atoms with E-state index in [4.69, 9.17) is 4.74 Å². The van der Waals surface area contributed by atoms with Gasteiger partial charge >= 0.3 is 0 Å². The molecule has 3 atom stereocenters. The molecule has 2 aliphatic heterocycles. The highest BCUT2D eigenvalue weighted by Crippen LogP contribution is 2.34. The van der Waals surface area contributed by atoms with Crippen LogP contribution in [0.2, 0.25) is 0 Å². The second-order valence-electron chi connectivity index (χ2n) is 6.48. The van der Waals surface area contributed by atoms with Gasteiger partial charge < -0.3 is 20.7 Å². The highest BCUT2D eigenvalue weighted by Gasteiger charge is 2.41. The Morgan fingerprint density at radius 1 is 1.24 bits per heavy atom. The molecule has 0 radical (unpaired) electrons. The number of carbonyl (C=O) groups is 1. The van der Waals surface area contributed by atoms with Crippen LogP contribution in [0, 0.1) is 0 Å². The number of hydrogen-bond acceptors (Lipinski definition) is 3. The Morgan fingerprint density at radius 2 is 2.00 bits per heavy atom. The lowest BCUT2D eigenvalue weighted by Crippen LogP contribution is -2.47. The molecule has 2 saturated heterocycles. The maximum absolute atomic E-state index is 12.0. The molecule has 6 nitrogen and oxygen atoms in total. The topological polar surface area (TPSA) is 74.8 Å². The minimum absolute atomic E-state index is 0.0471. The van der Waals surface area contributed by atoms with E-state index >= 15 is 0 Å². The Morgan fingerprint density at radius 3 is 2.64 bits per heavy atom. The van der Waals surface area contributed by atoms with E-state index in [-0.39, 0.29) is 5.91 Å². The summed E-state index contributed by atoms with van der Waals surface area (Å²) >= 11 is 3.36. The van der Waals surface area contributed by atoms with Crippen LogP contribution in [0.1, 0.15) is 36.0 Å². The van der Waals surface area contributed by atoms with Crippen LogP contribution in [0.15, 0.2) is 33.7 Å². The third-order valence-corrected chi connectivity index (χ3v) is 5.22. The van der Waals surface area contributed by atoms with Crippen LogP contribution in [-0.4, -0.2) is 50.3 Å². The molecule has 0 spiro atoms.